The topological polar surface area (TPSA) is 50.4 Å². The second-order valence-electron chi connectivity index (χ2n) is 7.20. The number of nitrogens with one attached hydrogen (secondary N) is 2. The summed E-state index contributed by atoms with van der Waals surface area (Å²) >= 11 is 0. The lowest BCUT2D eigenvalue weighted by Crippen LogP contribution is -2.27. The van der Waals surface area contributed by atoms with Crippen LogP contribution in [0.1, 0.15) is 52.9 Å². The lowest BCUT2D eigenvalue weighted by molar-refractivity contribution is 0.0636. The highest BCUT2D eigenvalue weighted by Crippen LogP contribution is 2.27. The molecule has 0 saturated heterocycles. The van der Waals surface area contributed by atoms with E-state index in [1.54, 1.807) is 26.8 Å². The van der Waals surface area contributed by atoms with Gasteiger partial charge in [-0.2, -0.15) is 0 Å². The SMILES string of the molecule is CC(C)(C)OC(=O)Nc1ccc(F)cc1NCC1CCCCC1. The number of hydrogen-bond donors (Lipinski definition) is 2. The van der Waals surface area contributed by atoms with E-state index in [0.29, 0.717) is 17.3 Å². The van der Waals surface area contributed by atoms with Gasteiger partial charge in [0.05, 0.1) is 11.4 Å². The number of carbonyl (C=O) groups excluding carboxylic acids is 1. The van der Waals surface area contributed by atoms with E-state index in [-0.39, 0.29) is 5.82 Å². The van der Waals surface area contributed by atoms with E-state index in [9.17, 15) is 9.18 Å². The van der Waals surface area contributed by atoms with Crippen LogP contribution in [0, 0.1) is 11.7 Å². The molecule has 1 aliphatic rings. The van der Waals surface area contributed by atoms with Gasteiger partial charge >= 0.3 is 6.09 Å². The zero-order valence-electron chi connectivity index (χ0n) is 14.2. The van der Waals surface area contributed by atoms with Crippen molar-refractivity contribution < 1.29 is 13.9 Å². The van der Waals surface area contributed by atoms with Crippen molar-refractivity contribution in [2.45, 2.75) is 58.5 Å². The van der Waals surface area contributed by atoms with Crippen molar-refractivity contribution in [1.82, 2.24) is 0 Å². The summed E-state index contributed by atoms with van der Waals surface area (Å²) in [6.07, 6.45) is 5.71. The number of hydrogen-bond acceptors (Lipinski definition) is 3. The summed E-state index contributed by atoms with van der Waals surface area (Å²) in [4.78, 5) is 11.9. The fourth-order valence-corrected chi connectivity index (χ4v) is 2.83. The average molecular weight is 322 g/mol. The number of rotatable bonds is 4. The molecule has 1 saturated carbocycles. The summed E-state index contributed by atoms with van der Waals surface area (Å²) in [7, 11) is 0. The molecule has 0 radical (unpaired) electrons. The highest BCUT2D eigenvalue weighted by atomic mass is 19.1. The molecule has 0 spiro atoms. The molecular weight excluding hydrogens is 295 g/mol. The maximum Gasteiger partial charge on any atom is 0.412 e. The molecule has 1 aliphatic carbocycles. The van der Waals surface area contributed by atoms with Crippen molar-refractivity contribution in [3.05, 3.63) is 24.0 Å². The average Bonchev–Trinajstić information content (AvgIpc) is 2.46. The van der Waals surface area contributed by atoms with Crippen molar-refractivity contribution in [3.63, 3.8) is 0 Å². The van der Waals surface area contributed by atoms with Crippen molar-refractivity contribution in [1.29, 1.82) is 0 Å². The van der Waals surface area contributed by atoms with Gasteiger partial charge in [-0.05, 0) is 57.7 Å². The van der Waals surface area contributed by atoms with Crippen LogP contribution in [-0.2, 0) is 4.74 Å². The molecule has 23 heavy (non-hydrogen) atoms. The van der Waals surface area contributed by atoms with Crippen LogP contribution in [0.2, 0.25) is 0 Å². The van der Waals surface area contributed by atoms with Crippen molar-refractivity contribution in [2.24, 2.45) is 5.92 Å². The van der Waals surface area contributed by atoms with Crippen LogP contribution in [-0.4, -0.2) is 18.2 Å². The van der Waals surface area contributed by atoms with E-state index in [1.807, 2.05) is 0 Å². The summed E-state index contributed by atoms with van der Waals surface area (Å²) in [6.45, 7) is 6.21. The van der Waals surface area contributed by atoms with Crippen molar-refractivity contribution >= 4 is 17.5 Å². The zero-order valence-corrected chi connectivity index (χ0v) is 14.2. The third kappa shape index (κ3) is 6.08. The Morgan fingerprint density at radius 3 is 2.57 bits per heavy atom. The monoisotopic (exact) mass is 322 g/mol. The summed E-state index contributed by atoms with van der Waals surface area (Å²) in [5.41, 5.74) is 0.567. The minimum Gasteiger partial charge on any atom is -0.444 e. The van der Waals surface area contributed by atoms with Gasteiger partial charge in [0.1, 0.15) is 11.4 Å². The normalized spacial score (nSPS) is 16.0. The van der Waals surface area contributed by atoms with E-state index in [0.717, 1.165) is 6.54 Å². The zero-order chi connectivity index (χ0) is 16.9. The maximum atomic E-state index is 13.5. The Balaban J connectivity index is 2.00. The number of anilines is 2. The number of amides is 1. The molecule has 1 aromatic rings. The molecule has 5 heteroatoms. The number of ether oxygens (including phenoxy) is 1. The molecule has 1 aromatic carbocycles. The minimum absolute atomic E-state index is 0.328. The second-order valence-corrected chi connectivity index (χ2v) is 7.20. The van der Waals surface area contributed by atoms with Crippen LogP contribution in [0.15, 0.2) is 18.2 Å². The molecule has 0 heterocycles. The Kier molecular flexibility index (Phi) is 5.85. The fraction of sp³-hybridized carbons (Fsp3) is 0.611. The first-order chi connectivity index (χ1) is 10.8. The van der Waals surface area contributed by atoms with Crippen molar-refractivity contribution in [2.75, 3.05) is 17.2 Å². The summed E-state index contributed by atoms with van der Waals surface area (Å²) < 4.78 is 18.8. The fourth-order valence-electron chi connectivity index (χ4n) is 2.83. The lowest BCUT2D eigenvalue weighted by Gasteiger charge is -2.24. The van der Waals surface area contributed by atoms with E-state index in [2.05, 4.69) is 10.6 Å². The minimum atomic E-state index is -0.570. The quantitative estimate of drug-likeness (QED) is 0.804. The maximum absolute atomic E-state index is 13.5. The van der Waals surface area contributed by atoms with Crippen LogP contribution in [0.4, 0.5) is 20.6 Å². The van der Waals surface area contributed by atoms with Gasteiger partial charge < -0.3 is 10.1 Å². The van der Waals surface area contributed by atoms with Gasteiger partial charge in [0.25, 0.3) is 0 Å². The second kappa shape index (κ2) is 7.66. The molecule has 1 amide bonds. The largest absolute Gasteiger partial charge is 0.444 e. The van der Waals surface area contributed by atoms with E-state index >= 15 is 0 Å². The Morgan fingerprint density at radius 2 is 1.91 bits per heavy atom. The Labute approximate surface area is 137 Å². The number of benzene rings is 1. The smallest absolute Gasteiger partial charge is 0.412 e. The third-order valence-electron chi connectivity index (χ3n) is 3.92. The van der Waals surface area contributed by atoms with Gasteiger partial charge in [0.15, 0.2) is 0 Å². The molecular formula is C18H27FN2O2. The highest BCUT2D eigenvalue weighted by Gasteiger charge is 2.18. The molecule has 0 aliphatic heterocycles. The van der Waals surface area contributed by atoms with Crippen LogP contribution in [0.25, 0.3) is 0 Å². The van der Waals surface area contributed by atoms with Gasteiger partial charge in [-0.15, -0.1) is 0 Å². The van der Waals surface area contributed by atoms with Gasteiger partial charge in [-0.3, -0.25) is 5.32 Å². The van der Waals surface area contributed by atoms with Gasteiger partial charge in [-0.25, -0.2) is 9.18 Å². The third-order valence-corrected chi connectivity index (χ3v) is 3.92. The number of halogens is 1. The van der Waals surface area contributed by atoms with Crippen LogP contribution in [0.5, 0.6) is 0 Å². The molecule has 4 nitrogen and oxygen atoms in total. The standard InChI is InChI=1S/C18H27FN2O2/c1-18(2,3)23-17(22)21-15-10-9-14(19)11-16(15)20-12-13-7-5-4-6-8-13/h9-11,13,20H,4-8,12H2,1-3H3,(H,21,22). The van der Waals surface area contributed by atoms with E-state index in [4.69, 9.17) is 4.74 Å². The highest BCUT2D eigenvalue weighted by molar-refractivity contribution is 5.89. The molecule has 2 rings (SSSR count). The van der Waals surface area contributed by atoms with Gasteiger partial charge in [-0.1, -0.05) is 19.3 Å². The predicted molar refractivity (Wildman–Crippen MR) is 91.3 cm³/mol. The molecule has 0 unspecified atom stereocenters. The molecule has 0 aromatic heterocycles. The van der Waals surface area contributed by atoms with Crippen LogP contribution < -0.4 is 10.6 Å². The number of carbonyl (C=O) groups is 1. The van der Waals surface area contributed by atoms with Crippen LogP contribution >= 0.6 is 0 Å². The molecule has 128 valence electrons. The van der Waals surface area contributed by atoms with E-state index < -0.39 is 11.7 Å². The molecule has 0 atom stereocenters. The van der Waals surface area contributed by atoms with Crippen molar-refractivity contribution in [3.8, 4) is 0 Å². The Hall–Kier alpha value is -1.78. The Bertz CT molecular complexity index is 534. The first-order valence-electron chi connectivity index (χ1n) is 8.37. The van der Waals surface area contributed by atoms with Crippen LogP contribution in [0.3, 0.4) is 0 Å². The summed E-state index contributed by atoms with van der Waals surface area (Å²) in [5.74, 6) is 0.285. The molecule has 1 fully saturated rings. The summed E-state index contributed by atoms with van der Waals surface area (Å²) in [5, 5.41) is 5.97. The first kappa shape index (κ1) is 17.6. The van der Waals surface area contributed by atoms with Gasteiger partial charge in [0, 0.05) is 6.54 Å². The summed E-state index contributed by atoms with van der Waals surface area (Å²) in [6, 6.07) is 4.30. The molecule has 2 N–H and O–H groups in total. The first-order valence-corrected chi connectivity index (χ1v) is 8.37. The van der Waals surface area contributed by atoms with Gasteiger partial charge in [0.2, 0.25) is 0 Å². The predicted octanol–water partition coefficient (Wildman–Crippen LogP) is 5.16. The van der Waals surface area contributed by atoms with E-state index in [1.165, 1.54) is 44.2 Å². The Morgan fingerprint density at radius 1 is 1.22 bits per heavy atom. The molecule has 0 bridgehead atoms. The lowest BCUT2D eigenvalue weighted by atomic mass is 9.89.